The van der Waals surface area contributed by atoms with Crippen LogP contribution in [-0.2, 0) is 21.6 Å². The minimum absolute atomic E-state index is 0.0197. The molecule has 0 bridgehead atoms. The Labute approximate surface area is 222 Å². The Balaban J connectivity index is 1.62. The van der Waals surface area contributed by atoms with Crippen molar-refractivity contribution in [2.75, 3.05) is 25.2 Å². The van der Waals surface area contributed by atoms with Gasteiger partial charge in [-0.05, 0) is 48.4 Å². The first-order chi connectivity index (χ1) is 18.4. The molecule has 1 aromatic heterocycles. The molecule has 0 radical (unpaired) electrons. The van der Waals surface area contributed by atoms with Gasteiger partial charge in [0.2, 0.25) is 5.76 Å². The summed E-state index contributed by atoms with van der Waals surface area (Å²) in [4.78, 5) is 45.5. The predicted octanol–water partition coefficient (Wildman–Crippen LogP) is 4.87. The van der Waals surface area contributed by atoms with E-state index in [1.54, 1.807) is 49.6 Å². The van der Waals surface area contributed by atoms with Crippen molar-refractivity contribution in [3.8, 4) is 0 Å². The third kappa shape index (κ3) is 3.40. The van der Waals surface area contributed by atoms with E-state index in [4.69, 9.17) is 20.8 Å². The molecule has 3 aromatic carbocycles. The van der Waals surface area contributed by atoms with Crippen LogP contribution < -0.4 is 10.3 Å². The highest BCUT2D eigenvalue weighted by molar-refractivity contribution is 6.31. The van der Waals surface area contributed by atoms with Gasteiger partial charge in [0.1, 0.15) is 11.4 Å². The number of amides is 2. The van der Waals surface area contributed by atoms with E-state index in [-0.39, 0.29) is 41.2 Å². The molecule has 4 aromatic rings. The van der Waals surface area contributed by atoms with Gasteiger partial charge >= 0.3 is 0 Å². The molecule has 192 valence electrons. The number of benzene rings is 3. The molecule has 2 amide bonds. The second-order valence-corrected chi connectivity index (χ2v) is 9.76. The molecule has 38 heavy (non-hydrogen) atoms. The number of halogens is 2. The molecule has 0 saturated carbocycles. The Kier molecular flexibility index (Phi) is 5.81. The number of carbonyl (C=O) groups is 2. The van der Waals surface area contributed by atoms with Crippen molar-refractivity contribution in [1.29, 1.82) is 0 Å². The molecule has 6 rings (SSSR count). The van der Waals surface area contributed by atoms with Crippen LogP contribution in [0.5, 0.6) is 0 Å². The van der Waals surface area contributed by atoms with Crippen LogP contribution in [0, 0.1) is 5.82 Å². The summed E-state index contributed by atoms with van der Waals surface area (Å²) in [5.74, 6) is -1.55. The molecular formula is C29H22ClFN2O5. The largest absolute Gasteiger partial charge is 0.450 e. The average Bonchev–Trinajstić information content (AvgIpc) is 3.31. The Morgan fingerprint density at radius 3 is 2.55 bits per heavy atom. The molecule has 1 atom stereocenters. The third-order valence-electron chi connectivity index (χ3n) is 7.18. The van der Waals surface area contributed by atoms with Gasteiger partial charge in [0.15, 0.2) is 11.0 Å². The predicted molar refractivity (Wildman–Crippen MR) is 140 cm³/mol. The first kappa shape index (κ1) is 24.3. The van der Waals surface area contributed by atoms with E-state index in [2.05, 4.69) is 0 Å². The first-order valence-electron chi connectivity index (χ1n) is 12.1. The molecule has 2 aliphatic rings. The fourth-order valence-corrected chi connectivity index (χ4v) is 5.73. The zero-order valence-corrected chi connectivity index (χ0v) is 21.1. The van der Waals surface area contributed by atoms with Crippen LogP contribution >= 0.6 is 11.6 Å². The highest BCUT2D eigenvalue weighted by Gasteiger charge is 2.64. The van der Waals surface area contributed by atoms with Crippen LogP contribution in [0.1, 0.15) is 33.7 Å². The van der Waals surface area contributed by atoms with Gasteiger partial charge in [-0.25, -0.2) is 4.39 Å². The number of methoxy groups -OCH3 is 1. The number of hydrogen-bond donors (Lipinski definition) is 0. The van der Waals surface area contributed by atoms with Gasteiger partial charge in [-0.15, -0.1) is 0 Å². The van der Waals surface area contributed by atoms with Gasteiger partial charge < -0.3 is 19.0 Å². The second-order valence-electron chi connectivity index (χ2n) is 9.32. The summed E-state index contributed by atoms with van der Waals surface area (Å²) in [5.41, 5.74) is -0.267. The van der Waals surface area contributed by atoms with Crippen molar-refractivity contribution in [3.63, 3.8) is 0 Å². The van der Waals surface area contributed by atoms with Crippen LogP contribution in [0.4, 0.5) is 10.1 Å². The second kappa shape index (κ2) is 9.08. The lowest BCUT2D eigenvalue weighted by atomic mass is 9.84. The van der Waals surface area contributed by atoms with E-state index in [1.807, 2.05) is 0 Å². The van der Waals surface area contributed by atoms with Gasteiger partial charge in [0, 0.05) is 30.8 Å². The van der Waals surface area contributed by atoms with E-state index in [0.29, 0.717) is 34.9 Å². The lowest BCUT2D eigenvalue weighted by molar-refractivity contribution is -0.126. The van der Waals surface area contributed by atoms with Gasteiger partial charge in [-0.1, -0.05) is 41.9 Å². The summed E-state index contributed by atoms with van der Waals surface area (Å²) in [6, 6.07) is 17.5. The average molecular weight is 533 g/mol. The van der Waals surface area contributed by atoms with Gasteiger partial charge in [0.05, 0.1) is 23.2 Å². The normalized spacial score (nSPS) is 18.1. The molecule has 2 aliphatic heterocycles. The number of carbonyl (C=O) groups excluding carboxylic acids is 2. The molecule has 0 aliphatic carbocycles. The fraction of sp³-hybridized carbons (Fsp3) is 0.207. The molecule has 7 nitrogen and oxygen atoms in total. The minimum Gasteiger partial charge on any atom is -0.450 e. The van der Waals surface area contributed by atoms with Crippen LogP contribution in [0.3, 0.4) is 0 Å². The SMILES string of the molecule is COCCCN1C(=O)c2oc3ccc(Cl)cc3c(=O)c2[C@]12C(=O)N(Cc1ccc(F)cc1)c1ccccc12. The molecule has 3 heterocycles. The number of rotatable bonds is 6. The molecule has 1 spiro atoms. The zero-order valence-electron chi connectivity index (χ0n) is 20.4. The minimum atomic E-state index is -1.73. The van der Waals surface area contributed by atoms with Crippen molar-refractivity contribution in [3.05, 3.63) is 110 Å². The molecule has 0 unspecified atom stereocenters. The van der Waals surface area contributed by atoms with Crippen molar-refractivity contribution >= 4 is 40.1 Å². The maximum absolute atomic E-state index is 14.6. The number of nitrogens with zero attached hydrogens (tertiary/aromatic N) is 2. The Hall–Kier alpha value is -4.01. The Morgan fingerprint density at radius 1 is 1.03 bits per heavy atom. The highest BCUT2D eigenvalue weighted by Crippen LogP contribution is 2.53. The molecule has 0 saturated heterocycles. The lowest BCUT2D eigenvalue weighted by Crippen LogP contribution is -2.53. The zero-order chi connectivity index (χ0) is 26.6. The molecule has 0 N–H and O–H groups in total. The summed E-state index contributed by atoms with van der Waals surface area (Å²) in [7, 11) is 1.55. The van der Waals surface area contributed by atoms with E-state index in [0.717, 1.165) is 0 Å². The third-order valence-corrected chi connectivity index (χ3v) is 7.42. The van der Waals surface area contributed by atoms with E-state index in [9.17, 15) is 18.8 Å². The van der Waals surface area contributed by atoms with E-state index >= 15 is 0 Å². The highest BCUT2D eigenvalue weighted by atomic mass is 35.5. The Bertz CT molecular complexity index is 1670. The summed E-state index contributed by atoms with van der Waals surface area (Å²) in [6.45, 7) is 0.625. The van der Waals surface area contributed by atoms with Gasteiger partial charge in [-0.3, -0.25) is 14.4 Å². The number of ether oxygens (including phenoxy) is 1. The summed E-state index contributed by atoms with van der Waals surface area (Å²) < 4.78 is 24.8. The van der Waals surface area contributed by atoms with Gasteiger partial charge in [0.25, 0.3) is 11.8 Å². The number of para-hydroxylation sites is 1. The van der Waals surface area contributed by atoms with Crippen molar-refractivity contribution in [1.82, 2.24) is 4.90 Å². The molecular weight excluding hydrogens is 511 g/mol. The number of anilines is 1. The van der Waals surface area contributed by atoms with Crippen LogP contribution in [0.15, 0.2) is 75.9 Å². The maximum atomic E-state index is 14.6. The van der Waals surface area contributed by atoms with E-state index < -0.39 is 22.8 Å². The topological polar surface area (TPSA) is 80.1 Å². The summed E-state index contributed by atoms with van der Waals surface area (Å²) >= 11 is 6.20. The van der Waals surface area contributed by atoms with Crippen LogP contribution in [0.25, 0.3) is 11.0 Å². The quantitative estimate of drug-likeness (QED) is 0.331. The summed E-state index contributed by atoms with van der Waals surface area (Å²) in [5, 5.41) is 0.514. The Morgan fingerprint density at radius 2 is 1.79 bits per heavy atom. The van der Waals surface area contributed by atoms with Crippen molar-refractivity contribution in [2.45, 2.75) is 18.5 Å². The van der Waals surface area contributed by atoms with E-state index in [1.165, 1.54) is 34.1 Å². The smallest absolute Gasteiger partial charge is 0.291 e. The summed E-state index contributed by atoms with van der Waals surface area (Å²) in [6.07, 6.45) is 0.435. The molecule has 9 heteroatoms. The van der Waals surface area contributed by atoms with Crippen LogP contribution in [0.2, 0.25) is 5.02 Å². The lowest BCUT2D eigenvalue weighted by Gasteiger charge is -2.34. The molecule has 0 fully saturated rings. The first-order valence-corrected chi connectivity index (χ1v) is 12.5. The van der Waals surface area contributed by atoms with Crippen LogP contribution in [-0.4, -0.2) is 37.0 Å². The fourth-order valence-electron chi connectivity index (χ4n) is 5.56. The number of hydrogen-bond acceptors (Lipinski definition) is 5. The standard InChI is InChI=1S/C29H22ClFN2O5/c1-37-14-4-13-33-27(35)26-24(25(34)20-15-18(30)9-12-23(20)38-26)29(33)21-5-2-3-6-22(21)32(28(29)36)16-17-7-10-19(31)11-8-17/h2-3,5-12,15H,4,13-14,16H2,1H3/t29-/m1/s1. The number of fused-ring (bicyclic) bond motifs is 5. The maximum Gasteiger partial charge on any atom is 0.291 e. The van der Waals surface area contributed by atoms with Crippen molar-refractivity contribution in [2.24, 2.45) is 0 Å². The monoisotopic (exact) mass is 532 g/mol. The van der Waals surface area contributed by atoms with Crippen molar-refractivity contribution < 1.29 is 23.1 Å². The van der Waals surface area contributed by atoms with Gasteiger partial charge in [-0.2, -0.15) is 0 Å².